The van der Waals surface area contributed by atoms with E-state index in [1.807, 2.05) is 13.0 Å². The van der Waals surface area contributed by atoms with Gasteiger partial charge < -0.3 is 4.74 Å². The van der Waals surface area contributed by atoms with E-state index in [1.165, 1.54) is 13.2 Å². The molecule has 0 aromatic heterocycles. The van der Waals surface area contributed by atoms with Crippen LogP contribution in [0.1, 0.15) is 38.8 Å². The molecular formula is C12H11NO3. The SMILES string of the molecule is CCc1ccc(C(=O)OC)c(C#N)c1C=O. The van der Waals surface area contributed by atoms with Crippen molar-refractivity contribution in [1.82, 2.24) is 0 Å². The van der Waals surface area contributed by atoms with Crippen LogP contribution in [0, 0.1) is 11.3 Å². The highest BCUT2D eigenvalue weighted by Crippen LogP contribution is 2.18. The number of benzene rings is 1. The van der Waals surface area contributed by atoms with Crippen molar-refractivity contribution in [3.8, 4) is 6.07 Å². The predicted octanol–water partition coefficient (Wildman–Crippen LogP) is 1.72. The lowest BCUT2D eigenvalue weighted by Gasteiger charge is -2.07. The van der Waals surface area contributed by atoms with E-state index in [2.05, 4.69) is 4.74 Å². The Hall–Kier alpha value is -2.15. The number of nitrogens with zero attached hydrogens (tertiary/aromatic N) is 1. The normalized spacial score (nSPS) is 9.31. The molecule has 0 atom stereocenters. The highest BCUT2D eigenvalue weighted by molar-refractivity contribution is 5.96. The lowest BCUT2D eigenvalue weighted by Crippen LogP contribution is -2.08. The fraction of sp³-hybridized carbons (Fsp3) is 0.250. The van der Waals surface area contributed by atoms with Crippen molar-refractivity contribution >= 4 is 12.3 Å². The first-order valence-corrected chi connectivity index (χ1v) is 4.79. The largest absolute Gasteiger partial charge is 0.465 e. The van der Waals surface area contributed by atoms with Gasteiger partial charge in [-0.05, 0) is 18.1 Å². The Bertz CT molecular complexity index is 472. The van der Waals surface area contributed by atoms with Crippen LogP contribution in [0.2, 0.25) is 0 Å². The maximum absolute atomic E-state index is 11.4. The number of ether oxygens (including phenoxy) is 1. The van der Waals surface area contributed by atoms with Gasteiger partial charge in [0.2, 0.25) is 0 Å². The van der Waals surface area contributed by atoms with Crippen molar-refractivity contribution in [3.63, 3.8) is 0 Å². The van der Waals surface area contributed by atoms with Gasteiger partial charge >= 0.3 is 5.97 Å². The van der Waals surface area contributed by atoms with Crippen LogP contribution in [-0.4, -0.2) is 19.4 Å². The lowest BCUT2D eigenvalue weighted by molar-refractivity contribution is 0.0600. The average Bonchev–Trinajstić information content (AvgIpc) is 2.35. The molecule has 0 aliphatic rings. The Balaban J connectivity index is 3.51. The van der Waals surface area contributed by atoms with Crippen LogP contribution in [0.25, 0.3) is 0 Å². The number of aryl methyl sites for hydroxylation is 1. The van der Waals surface area contributed by atoms with E-state index in [1.54, 1.807) is 6.07 Å². The van der Waals surface area contributed by atoms with Crippen LogP contribution in [-0.2, 0) is 11.2 Å². The van der Waals surface area contributed by atoms with Crippen molar-refractivity contribution in [3.05, 3.63) is 34.4 Å². The van der Waals surface area contributed by atoms with Crippen LogP contribution in [0.4, 0.5) is 0 Å². The van der Waals surface area contributed by atoms with Gasteiger partial charge in [-0.1, -0.05) is 13.0 Å². The van der Waals surface area contributed by atoms with Gasteiger partial charge in [0.05, 0.1) is 18.2 Å². The number of rotatable bonds is 3. The summed E-state index contributed by atoms with van der Waals surface area (Å²) in [5, 5.41) is 8.98. The van der Waals surface area contributed by atoms with Gasteiger partial charge in [-0.2, -0.15) is 5.26 Å². The molecule has 0 unspecified atom stereocenters. The Morgan fingerprint density at radius 1 is 1.56 bits per heavy atom. The van der Waals surface area contributed by atoms with Crippen LogP contribution in [0.3, 0.4) is 0 Å². The van der Waals surface area contributed by atoms with Crippen LogP contribution in [0.15, 0.2) is 12.1 Å². The zero-order valence-electron chi connectivity index (χ0n) is 9.11. The molecule has 4 nitrogen and oxygen atoms in total. The first-order valence-electron chi connectivity index (χ1n) is 4.79. The smallest absolute Gasteiger partial charge is 0.339 e. The Morgan fingerprint density at radius 2 is 2.25 bits per heavy atom. The van der Waals surface area contributed by atoms with Crippen LogP contribution >= 0.6 is 0 Å². The zero-order chi connectivity index (χ0) is 12.1. The van der Waals surface area contributed by atoms with E-state index in [9.17, 15) is 9.59 Å². The summed E-state index contributed by atoms with van der Waals surface area (Å²) in [5.41, 5.74) is 1.23. The highest BCUT2D eigenvalue weighted by Gasteiger charge is 2.17. The predicted molar refractivity (Wildman–Crippen MR) is 57.3 cm³/mol. The number of methoxy groups -OCH3 is 1. The monoisotopic (exact) mass is 217 g/mol. The minimum absolute atomic E-state index is 0.0844. The number of aldehydes is 1. The number of carbonyl (C=O) groups is 2. The Morgan fingerprint density at radius 3 is 2.69 bits per heavy atom. The highest BCUT2D eigenvalue weighted by atomic mass is 16.5. The van der Waals surface area contributed by atoms with E-state index < -0.39 is 5.97 Å². The van der Waals surface area contributed by atoms with E-state index in [4.69, 9.17) is 5.26 Å². The molecule has 0 bridgehead atoms. The van der Waals surface area contributed by atoms with Gasteiger partial charge in [-0.15, -0.1) is 0 Å². The third-order valence-electron chi connectivity index (χ3n) is 2.35. The second-order valence-corrected chi connectivity index (χ2v) is 3.14. The summed E-state index contributed by atoms with van der Waals surface area (Å²) in [4.78, 5) is 22.3. The molecule has 0 N–H and O–H groups in total. The second-order valence-electron chi connectivity index (χ2n) is 3.14. The molecular weight excluding hydrogens is 206 g/mol. The molecule has 4 heteroatoms. The number of esters is 1. The first-order chi connectivity index (χ1) is 7.69. The molecule has 82 valence electrons. The van der Waals surface area contributed by atoms with Crippen LogP contribution in [0.5, 0.6) is 0 Å². The van der Waals surface area contributed by atoms with Crippen molar-refractivity contribution in [1.29, 1.82) is 5.26 Å². The summed E-state index contributed by atoms with van der Waals surface area (Å²) in [6.07, 6.45) is 1.23. The molecule has 0 saturated carbocycles. The molecule has 0 heterocycles. The third-order valence-corrected chi connectivity index (χ3v) is 2.35. The minimum atomic E-state index is -0.609. The quantitative estimate of drug-likeness (QED) is 0.571. The zero-order valence-corrected chi connectivity index (χ0v) is 9.11. The molecule has 0 amide bonds. The average molecular weight is 217 g/mol. The maximum atomic E-state index is 11.4. The summed E-state index contributed by atoms with van der Waals surface area (Å²) in [6, 6.07) is 5.05. The standard InChI is InChI=1S/C12H11NO3/c1-3-8-4-5-9(12(15)16-2)10(6-13)11(8)7-14/h4-5,7H,3H2,1-2H3. The number of hydrogen-bond donors (Lipinski definition) is 0. The van der Waals surface area contributed by atoms with E-state index in [0.29, 0.717) is 12.7 Å². The number of carbonyl (C=O) groups excluding carboxylic acids is 2. The number of hydrogen-bond acceptors (Lipinski definition) is 4. The molecule has 16 heavy (non-hydrogen) atoms. The first kappa shape index (κ1) is 11.9. The van der Waals surface area contributed by atoms with Crippen molar-refractivity contribution in [2.24, 2.45) is 0 Å². The molecule has 0 aliphatic carbocycles. The number of nitriles is 1. The molecule has 0 fully saturated rings. The summed E-state index contributed by atoms with van der Waals surface area (Å²) >= 11 is 0. The van der Waals surface area contributed by atoms with Crippen LogP contribution < -0.4 is 0 Å². The van der Waals surface area contributed by atoms with Crippen molar-refractivity contribution < 1.29 is 14.3 Å². The third kappa shape index (κ3) is 1.94. The van der Waals surface area contributed by atoms with E-state index >= 15 is 0 Å². The van der Waals surface area contributed by atoms with Gasteiger partial charge in [0, 0.05) is 5.56 Å². The topological polar surface area (TPSA) is 67.2 Å². The van der Waals surface area contributed by atoms with Crippen molar-refractivity contribution in [2.45, 2.75) is 13.3 Å². The molecule has 1 aromatic carbocycles. The van der Waals surface area contributed by atoms with Crippen molar-refractivity contribution in [2.75, 3.05) is 7.11 Å². The maximum Gasteiger partial charge on any atom is 0.339 e. The molecule has 1 rings (SSSR count). The molecule has 1 aromatic rings. The molecule has 0 spiro atoms. The van der Waals surface area contributed by atoms with E-state index in [0.717, 1.165) is 5.56 Å². The second kappa shape index (κ2) is 5.08. The summed E-state index contributed by atoms with van der Waals surface area (Å²) in [6.45, 7) is 1.88. The van der Waals surface area contributed by atoms with Gasteiger partial charge in [0.15, 0.2) is 6.29 Å². The molecule has 0 aliphatic heterocycles. The van der Waals surface area contributed by atoms with E-state index in [-0.39, 0.29) is 16.7 Å². The van der Waals surface area contributed by atoms with Gasteiger partial charge in [0.1, 0.15) is 6.07 Å². The van der Waals surface area contributed by atoms with Gasteiger partial charge in [-0.25, -0.2) is 4.79 Å². The molecule has 0 radical (unpaired) electrons. The Kier molecular flexibility index (Phi) is 3.78. The lowest BCUT2D eigenvalue weighted by atomic mass is 9.96. The minimum Gasteiger partial charge on any atom is -0.465 e. The fourth-order valence-corrected chi connectivity index (χ4v) is 1.51. The Labute approximate surface area is 93.5 Å². The summed E-state index contributed by atoms with van der Waals surface area (Å²) < 4.78 is 4.55. The fourth-order valence-electron chi connectivity index (χ4n) is 1.51. The molecule has 0 saturated heterocycles. The van der Waals surface area contributed by atoms with Gasteiger partial charge in [0.25, 0.3) is 0 Å². The summed E-state index contributed by atoms with van der Waals surface area (Å²) in [5.74, 6) is -0.609. The van der Waals surface area contributed by atoms with Gasteiger partial charge in [-0.3, -0.25) is 4.79 Å². The summed E-state index contributed by atoms with van der Waals surface area (Å²) in [7, 11) is 1.23.